The van der Waals surface area contributed by atoms with Crippen LogP contribution in [0.4, 0.5) is 5.69 Å². The fourth-order valence-corrected chi connectivity index (χ4v) is 3.82. The van der Waals surface area contributed by atoms with E-state index in [1.807, 2.05) is 54.6 Å². The van der Waals surface area contributed by atoms with Crippen LogP contribution in [0.1, 0.15) is 35.1 Å². The first kappa shape index (κ1) is 21.8. The largest absolute Gasteiger partial charge is 0.497 e. The van der Waals surface area contributed by atoms with E-state index in [0.29, 0.717) is 5.71 Å². The van der Waals surface area contributed by atoms with Gasteiger partial charge in [0.15, 0.2) is 0 Å². The number of aryl methyl sites for hydroxylation is 2. The van der Waals surface area contributed by atoms with E-state index in [1.165, 1.54) is 5.56 Å². The smallest absolute Gasteiger partial charge is 0.118 e. The first-order valence-corrected chi connectivity index (χ1v) is 11.3. The summed E-state index contributed by atoms with van der Waals surface area (Å²) < 4.78 is 5.23. The summed E-state index contributed by atoms with van der Waals surface area (Å²) in [5, 5.41) is 9.77. The molecule has 0 unspecified atom stereocenters. The quantitative estimate of drug-likeness (QED) is 0.323. The van der Waals surface area contributed by atoms with Gasteiger partial charge in [-0.05, 0) is 61.8 Å². The van der Waals surface area contributed by atoms with Crippen molar-refractivity contribution < 1.29 is 4.74 Å². The van der Waals surface area contributed by atoms with Crippen molar-refractivity contribution in [3.05, 3.63) is 95.1 Å². The molecule has 0 amide bonds. The highest BCUT2D eigenvalue weighted by Gasteiger charge is 2.11. The van der Waals surface area contributed by atoms with Crippen LogP contribution in [0.2, 0.25) is 0 Å². The van der Waals surface area contributed by atoms with Gasteiger partial charge in [0.1, 0.15) is 5.75 Å². The van der Waals surface area contributed by atoms with Gasteiger partial charge in [-0.25, -0.2) is 4.99 Å². The molecule has 0 aromatic heterocycles. The Bertz CT molecular complexity index is 1010. The molecule has 0 atom stereocenters. The van der Waals surface area contributed by atoms with Gasteiger partial charge >= 0.3 is 0 Å². The van der Waals surface area contributed by atoms with Crippen molar-refractivity contribution in [1.29, 1.82) is 5.41 Å². The van der Waals surface area contributed by atoms with Crippen LogP contribution in [0.3, 0.4) is 0 Å². The normalized spacial score (nSPS) is 11.4. The van der Waals surface area contributed by atoms with Crippen molar-refractivity contribution in [3.8, 4) is 5.75 Å². The maximum atomic E-state index is 8.68. The Morgan fingerprint density at radius 2 is 1.73 bits per heavy atom. The van der Waals surface area contributed by atoms with Crippen molar-refractivity contribution in [1.82, 2.24) is 0 Å². The Balaban J connectivity index is 1.75. The van der Waals surface area contributed by atoms with E-state index in [2.05, 4.69) is 31.4 Å². The summed E-state index contributed by atoms with van der Waals surface area (Å²) in [6.45, 7) is 2.07. The Labute approximate surface area is 183 Å². The number of rotatable bonds is 8. The first-order chi connectivity index (χ1) is 14.6. The second-order valence-corrected chi connectivity index (χ2v) is 8.05. The molecule has 0 bridgehead atoms. The zero-order valence-corrected chi connectivity index (χ0v) is 18.6. The molecule has 4 heteroatoms. The lowest BCUT2D eigenvalue weighted by Gasteiger charge is -2.11. The molecule has 154 valence electrons. The average molecular weight is 417 g/mol. The lowest BCUT2D eigenvalue weighted by atomic mass is 9.99. The fraction of sp³-hybridized carbons (Fsp3) is 0.231. The molecular formula is C26H28N2OS. The molecule has 3 rings (SSSR count). The summed E-state index contributed by atoms with van der Waals surface area (Å²) in [6, 6.07) is 24.2. The standard InChI is InChI=1S/C26H28N2OS/c1-19-12-17-23(26(27)21-9-5-4-6-10-21)24(18-19)28-25(30-3)11-7-8-20-13-15-22(29-2)16-14-20/h4-6,9-10,12-18,27H,7-8,11H2,1-3H3. The van der Waals surface area contributed by atoms with E-state index in [-0.39, 0.29) is 0 Å². The van der Waals surface area contributed by atoms with Crippen LogP contribution in [0, 0.1) is 12.3 Å². The molecule has 0 saturated carbocycles. The number of thioether (sulfide) groups is 1. The molecule has 3 nitrogen and oxygen atoms in total. The van der Waals surface area contributed by atoms with E-state index >= 15 is 0 Å². The summed E-state index contributed by atoms with van der Waals surface area (Å²) in [4.78, 5) is 4.96. The minimum absolute atomic E-state index is 0.507. The van der Waals surface area contributed by atoms with Crippen LogP contribution in [-0.2, 0) is 6.42 Å². The van der Waals surface area contributed by atoms with Crippen molar-refractivity contribution in [3.63, 3.8) is 0 Å². The van der Waals surface area contributed by atoms with E-state index < -0.39 is 0 Å². The number of nitrogens with one attached hydrogen (secondary N) is 1. The molecule has 0 saturated heterocycles. The summed E-state index contributed by atoms with van der Waals surface area (Å²) in [7, 11) is 1.69. The van der Waals surface area contributed by atoms with Crippen molar-refractivity contribution in [2.45, 2.75) is 26.2 Å². The minimum atomic E-state index is 0.507. The van der Waals surface area contributed by atoms with Gasteiger partial charge in [0.2, 0.25) is 0 Å². The van der Waals surface area contributed by atoms with E-state index in [9.17, 15) is 0 Å². The van der Waals surface area contributed by atoms with Crippen LogP contribution in [0.5, 0.6) is 5.75 Å². The highest BCUT2D eigenvalue weighted by Crippen LogP contribution is 2.26. The summed E-state index contributed by atoms with van der Waals surface area (Å²) >= 11 is 1.69. The molecule has 0 aliphatic heterocycles. The van der Waals surface area contributed by atoms with Gasteiger partial charge < -0.3 is 4.74 Å². The number of aliphatic imine (C=N–C) groups is 1. The molecule has 1 N–H and O–H groups in total. The molecule has 0 spiro atoms. The molecule has 0 heterocycles. The van der Waals surface area contributed by atoms with Crippen LogP contribution in [0.25, 0.3) is 0 Å². The second kappa shape index (κ2) is 10.8. The van der Waals surface area contributed by atoms with Gasteiger partial charge in [-0.2, -0.15) is 0 Å². The lowest BCUT2D eigenvalue weighted by Crippen LogP contribution is -2.03. The second-order valence-electron chi connectivity index (χ2n) is 7.17. The summed E-state index contributed by atoms with van der Waals surface area (Å²) in [5.41, 5.74) is 5.61. The number of methoxy groups -OCH3 is 1. The lowest BCUT2D eigenvalue weighted by molar-refractivity contribution is 0.414. The molecule has 3 aromatic carbocycles. The topological polar surface area (TPSA) is 45.4 Å². The molecule has 0 radical (unpaired) electrons. The Morgan fingerprint density at radius 1 is 1.00 bits per heavy atom. The Kier molecular flexibility index (Phi) is 7.86. The average Bonchev–Trinajstić information content (AvgIpc) is 2.79. The highest BCUT2D eigenvalue weighted by molar-refractivity contribution is 8.13. The zero-order valence-electron chi connectivity index (χ0n) is 17.8. The minimum Gasteiger partial charge on any atom is -0.497 e. The molecular weight excluding hydrogens is 388 g/mol. The van der Waals surface area contributed by atoms with Gasteiger partial charge in [-0.15, -0.1) is 11.8 Å². The highest BCUT2D eigenvalue weighted by atomic mass is 32.2. The number of hydrogen-bond donors (Lipinski definition) is 1. The van der Waals surface area contributed by atoms with Crippen LogP contribution >= 0.6 is 11.8 Å². The molecule has 0 fully saturated rings. The predicted octanol–water partition coefficient (Wildman–Crippen LogP) is 6.84. The maximum Gasteiger partial charge on any atom is 0.118 e. The van der Waals surface area contributed by atoms with Gasteiger partial charge in [-0.3, -0.25) is 5.41 Å². The summed E-state index contributed by atoms with van der Waals surface area (Å²) in [6.07, 6.45) is 5.02. The predicted molar refractivity (Wildman–Crippen MR) is 130 cm³/mol. The van der Waals surface area contributed by atoms with Crippen molar-refractivity contribution in [2.75, 3.05) is 13.4 Å². The van der Waals surface area contributed by atoms with Gasteiger partial charge in [0.05, 0.1) is 23.6 Å². The van der Waals surface area contributed by atoms with E-state index in [0.717, 1.165) is 52.4 Å². The number of ether oxygens (including phenoxy) is 1. The zero-order chi connectivity index (χ0) is 21.3. The van der Waals surface area contributed by atoms with E-state index in [4.69, 9.17) is 15.1 Å². The van der Waals surface area contributed by atoms with Crippen LogP contribution < -0.4 is 4.74 Å². The number of benzene rings is 3. The van der Waals surface area contributed by atoms with Crippen LogP contribution in [-0.4, -0.2) is 24.1 Å². The number of hydrogen-bond acceptors (Lipinski definition) is 4. The van der Waals surface area contributed by atoms with Crippen molar-refractivity contribution >= 4 is 28.2 Å². The number of nitrogens with zero attached hydrogens (tertiary/aromatic N) is 1. The maximum absolute atomic E-state index is 8.68. The third kappa shape index (κ3) is 5.83. The SMILES string of the molecule is COc1ccc(CCCC(=Nc2cc(C)ccc2C(=N)c2ccccc2)SC)cc1. The molecule has 30 heavy (non-hydrogen) atoms. The third-order valence-corrected chi connectivity index (χ3v) is 5.75. The van der Waals surface area contributed by atoms with Crippen LogP contribution in [0.15, 0.2) is 77.8 Å². The molecule has 0 aliphatic rings. The van der Waals surface area contributed by atoms with Gasteiger partial charge in [0.25, 0.3) is 0 Å². The van der Waals surface area contributed by atoms with Gasteiger partial charge in [-0.1, -0.05) is 54.6 Å². The summed E-state index contributed by atoms with van der Waals surface area (Å²) in [5.74, 6) is 0.887. The monoisotopic (exact) mass is 416 g/mol. The van der Waals surface area contributed by atoms with Gasteiger partial charge in [0, 0.05) is 11.1 Å². The Hall–Kier alpha value is -2.85. The fourth-order valence-electron chi connectivity index (χ4n) is 3.28. The molecule has 3 aromatic rings. The van der Waals surface area contributed by atoms with Crippen molar-refractivity contribution in [2.24, 2.45) is 4.99 Å². The third-order valence-electron chi connectivity index (χ3n) is 4.98. The van der Waals surface area contributed by atoms with E-state index in [1.54, 1.807) is 18.9 Å². The first-order valence-electron chi connectivity index (χ1n) is 10.1. The Morgan fingerprint density at radius 3 is 2.40 bits per heavy atom. The molecule has 0 aliphatic carbocycles.